The van der Waals surface area contributed by atoms with Crippen molar-refractivity contribution in [3.8, 4) is 5.75 Å². The molecular formula is C20H26N4O3. The number of amides is 2. The summed E-state index contributed by atoms with van der Waals surface area (Å²) in [4.78, 5) is 30.7. The minimum Gasteiger partial charge on any atom is -0.497 e. The predicted octanol–water partition coefficient (Wildman–Crippen LogP) is 2.40. The van der Waals surface area contributed by atoms with Crippen molar-refractivity contribution < 1.29 is 14.3 Å². The van der Waals surface area contributed by atoms with Gasteiger partial charge in [-0.2, -0.15) is 0 Å². The highest BCUT2D eigenvalue weighted by molar-refractivity contribution is 6.05. The van der Waals surface area contributed by atoms with Crippen molar-refractivity contribution in [2.75, 3.05) is 7.11 Å². The van der Waals surface area contributed by atoms with Crippen LogP contribution in [0.3, 0.4) is 0 Å². The topological polar surface area (TPSA) is 85.2 Å². The van der Waals surface area contributed by atoms with Gasteiger partial charge in [0, 0.05) is 12.1 Å². The maximum atomic E-state index is 13.1. The van der Waals surface area contributed by atoms with E-state index in [1.165, 1.54) is 6.42 Å². The summed E-state index contributed by atoms with van der Waals surface area (Å²) in [6, 6.07) is 4.71. The Hall–Kier alpha value is -2.57. The van der Waals surface area contributed by atoms with Gasteiger partial charge in [-0.05, 0) is 38.8 Å². The molecule has 27 heavy (non-hydrogen) atoms. The summed E-state index contributed by atoms with van der Waals surface area (Å²) in [6.07, 6.45) is 5.39. The van der Waals surface area contributed by atoms with E-state index in [2.05, 4.69) is 10.6 Å². The largest absolute Gasteiger partial charge is 0.497 e. The highest BCUT2D eigenvalue weighted by atomic mass is 16.5. The summed E-state index contributed by atoms with van der Waals surface area (Å²) < 4.78 is 7.07. The number of benzene rings is 1. The highest BCUT2D eigenvalue weighted by Gasteiger charge is 2.44. The van der Waals surface area contributed by atoms with Crippen LogP contribution in [0.1, 0.15) is 57.8 Å². The molecule has 1 atom stereocenters. The summed E-state index contributed by atoms with van der Waals surface area (Å²) >= 11 is 0. The Morgan fingerprint density at radius 2 is 2.04 bits per heavy atom. The fourth-order valence-corrected chi connectivity index (χ4v) is 4.22. The molecule has 4 rings (SSSR count). The number of ether oxygens (including phenoxy) is 1. The number of fused-ring (bicyclic) bond motifs is 3. The third-order valence-electron chi connectivity index (χ3n) is 5.60. The average Bonchev–Trinajstić information content (AvgIpc) is 3.01. The second-order valence-electron chi connectivity index (χ2n) is 8.02. The number of carbonyl (C=O) groups is 2. The lowest BCUT2D eigenvalue weighted by Crippen LogP contribution is -2.56. The summed E-state index contributed by atoms with van der Waals surface area (Å²) in [5.41, 5.74) is 0.812. The van der Waals surface area contributed by atoms with Crippen LogP contribution < -0.4 is 15.4 Å². The van der Waals surface area contributed by atoms with Gasteiger partial charge in [-0.25, -0.2) is 4.98 Å². The Morgan fingerprint density at radius 1 is 1.30 bits per heavy atom. The van der Waals surface area contributed by atoms with E-state index in [0.717, 1.165) is 31.2 Å². The maximum Gasteiger partial charge on any atom is 0.253 e. The molecule has 2 N–H and O–H groups in total. The van der Waals surface area contributed by atoms with Gasteiger partial charge in [0.05, 0.1) is 23.7 Å². The SMILES string of the molecule is COc1ccc2c(c1)nc1n2C(C(=O)NC2CCCCC2)C(=O)NC1(C)C. The molecule has 2 amide bonds. The summed E-state index contributed by atoms with van der Waals surface area (Å²) in [7, 11) is 1.60. The number of aromatic nitrogens is 2. The minimum absolute atomic E-state index is 0.146. The fraction of sp³-hybridized carbons (Fsp3) is 0.550. The number of carbonyl (C=O) groups excluding carboxylic acids is 2. The van der Waals surface area contributed by atoms with Crippen LogP contribution in [-0.4, -0.2) is 34.5 Å². The molecule has 1 saturated carbocycles. The van der Waals surface area contributed by atoms with E-state index in [0.29, 0.717) is 17.1 Å². The van der Waals surface area contributed by atoms with Crippen LogP contribution in [0.5, 0.6) is 5.75 Å². The van der Waals surface area contributed by atoms with Gasteiger partial charge in [-0.1, -0.05) is 19.3 Å². The number of imidazole rings is 1. The number of methoxy groups -OCH3 is 1. The zero-order valence-electron chi connectivity index (χ0n) is 16.0. The molecule has 1 unspecified atom stereocenters. The van der Waals surface area contributed by atoms with Gasteiger partial charge >= 0.3 is 0 Å². The molecule has 1 aromatic carbocycles. The van der Waals surface area contributed by atoms with Crippen LogP contribution in [0.2, 0.25) is 0 Å². The van der Waals surface area contributed by atoms with Crippen LogP contribution in [-0.2, 0) is 15.1 Å². The second-order valence-corrected chi connectivity index (χ2v) is 8.02. The van der Waals surface area contributed by atoms with Gasteiger partial charge in [0.25, 0.3) is 11.8 Å². The van der Waals surface area contributed by atoms with Crippen molar-refractivity contribution in [3.05, 3.63) is 24.0 Å². The van der Waals surface area contributed by atoms with Gasteiger partial charge in [0.15, 0.2) is 6.04 Å². The number of hydrogen-bond acceptors (Lipinski definition) is 4. The standard InChI is InChI=1S/C20H26N4O3/c1-20(2)19-22-14-11-13(27-3)9-10-15(14)24(19)16(18(26)23-20)17(25)21-12-7-5-4-6-8-12/h9-12,16H,4-8H2,1-3H3,(H,21,25)(H,23,26). The van der Waals surface area contributed by atoms with Crippen LogP contribution in [0, 0.1) is 0 Å². The first-order valence-corrected chi connectivity index (χ1v) is 9.59. The van der Waals surface area contributed by atoms with Gasteiger partial charge < -0.3 is 19.9 Å². The Kier molecular flexibility index (Phi) is 4.32. The lowest BCUT2D eigenvalue weighted by atomic mass is 9.94. The third-order valence-corrected chi connectivity index (χ3v) is 5.60. The molecule has 0 radical (unpaired) electrons. The number of hydrogen-bond donors (Lipinski definition) is 2. The van der Waals surface area contributed by atoms with E-state index in [-0.39, 0.29) is 17.9 Å². The van der Waals surface area contributed by atoms with Crippen molar-refractivity contribution in [2.45, 2.75) is 63.6 Å². The Labute approximate surface area is 158 Å². The molecule has 0 bridgehead atoms. The molecule has 2 aromatic rings. The zero-order chi connectivity index (χ0) is 19.2. The van der Waals surface area contributed by atoms with Gasteiger partial charge in [-0.3, -0.25) is 9.59 Å². The number of nitrogens with zero attached hydrogens (tertiary/aromatic N) is 2. The lowest BCUT2D eigenvalue weighted by molar-refractivity contribution is -0.137. The summed E-state index contributed by atoms with van der Waals surface area (Å²) in [5.74, 6) is 0.814. The van der Waals surface area contributed by atoms with Gasteiger partial charge in [0.1, 0.15) is 11.6 Å². The molecule has 0 saturated heterocycles. The fourth-order valence-electron chi connectivity index (χ4n) is 4.22. The van der Waals surface area contributed by atoms with E-state index >= 15 is 0 Å². The molecule has 2 heterocycles. The molecule has 1 fully saturated rings. The van der Waals surface area contributed by atoms with Crippen molar-refractivity contribution >= 4 is 22.8 Å². The normalized spacial score (nSPS) is 22.2. The van der Waals surface area contributed by atoms with Gasteiger partial charge in [0.2, 0.25) is 0 Å². The van der Waals surface area contributed by atoms with E-state index in [1.54, 1.807) is 11.7 Å². The summed E-state index contributed by atoms with van der Waals surface area (Å²) in [5, 5.41) is 6.05. The molecular weight excluding hydrogens is 344 g/mol. The Bertz CT molecular complexity index is 896. The quantitative estimate of drug-likeness (QED) is 0.813. The van der Waals surface area contributed by atoms with Crippen LogP contribution >= 0.6 is 0 Å². The number of nitrogens with one attached hydrogen (secondary N) is 2. The maximum absolute atomic E-state index is 13.1. The molecule has 1 aromatic heterocycles. The number of rotatable bonds is 3. The van der Waals surface area contributed by atoms with Crippen molar-refractivity contribution in [1.82, 2.24) is 20.2 Å². The lowest BCUT2D eigenvalue weighted by Gasteiger charge is -2.36. The van der Waals surface area contributed by atoms with E-state index < -0.39 is 11.6 Å². The second kappa shape index (κ2) is 6.55. The molecule has 0 spiro atoms. The molecule has 1 aliphatic carbocycles. The highest BCUT2D eigenvalue weighted by Crippen LogP contribution is 2.34. The minimum atomic E-state index is -0.951. The van der Waals surface area contributed by atoms with Gasteiger partial charge in [-0.15, -0.1) is 0 Å². The molecule has 7 nitrogen and oxygen atoms in total. The molecule has 1 aliphatic heterocycles. The molecule has 2 aliphatic rings. The predicted molar refractivity (Wildman–Crippen MR) is 102 cm³/mol. The van der Waals surface area contributed by atoms with Crippen molar-refractivity contribution in [1.29, 1.82) is 0 Å². The Balaban J connectivity index is 1.77. The van der Waals surface area contributed by atoms with Crippen LogP contribution in [0.25, 0.3) is 11.0 Å². The van der Waals surface area contributed by atoms with E-state index in [9.17, 15) is 9.59 Å². The van der Waals surface area contributed by atoms with Crippen LogP contribution in [0.15, 0.2) is 18.2 Å². The smallest absolute Gasteiger partial charge is 0.253 e. The molecule has 7 heteroatoms. The first-order chi connectivity index (χ1) is 12.9. The Morgan fingerprint density at radius 3 is 2.74 bits per heavy atom. The van der Waals surface area contributed by atoms with Crippen LogP contribution in [0.4, 0.5) is 0 Å². The zero-order valence-corrected chi connectivity index (χ0v) is 16.0. The first kappa shape index (κ1) is 17.8. The van der Waals surface area contributed by atoms with E-state index in [1.807, 2.05) is 32.0 Å². The van der Waals surface area contributed by atoms with Crippen molar-refractivity contribution in [2.24, 2.45) is 0 Å². The molecule has 144 valence electrons. The monoisotopic (exact) mass is 370 g/mol. The van der Waals surface area contributed by atoms with Crippen molar-refractivity contribution in [3.63, 3.8) is 0 Å². The van der Waals surface area contributed by atoms with E-state index in [4.69, 9.17) is 9.72 Å². The first-order valence-electron chi connectivity index (χ1n) is 9.59. The summed E-state index contributed by atoms with van der Waals surface area (Å²) in [6.45, 7) is 3.80. The average molecular weight is 370 g/mol. The third kappa shape index (κ3) is 3.05.